The molecular weight excluding hydrogens is 394 g/mol. The van der Waals surface area contributed by atoms with E-state index in [2.05, 4.69) is 15.3 Å². The van der Waals surface area contributed by atoms with Crippen LogP contribution in [0, 0.1) is 6.92 Å². The topological polar surface area (TPSA) is 109 Å². The van der Waals surface area contributed by atoms with Gasteiger partial charge in [-0.2, -0.15) is 4.68 Å². The van der Waals surface area contributed by atoms with Gasteiger partial charge in [0, 0.05) is 13.0 Å². The van der Waals surface area contributed by atoms with Gasteiger partial charge in [0.15, 0.2) is 6.73 Å². The van der Waals surface area contributed by atoms with Gasteiger partial charge in [-0.15, -0.1) is 16.4 Å². The van der Waals surface area contributed by atoms with Crippen LogP contribution in [0.3, 0.4) is 0 Å². The van der Waals surface area contributed by atoms with Crippen LogP contribution in [-0.2, 0) is 24.4 Å². The van der Waals surface area contributed by atoms with Gasteiger partial charge in [0.2, 0.25) is 0 Å². The maximum Gasteiger partial charge on any atom is 0.350 e. The van der Waals surface area contributed by atoms with E-state index in [4.69, 9.17) is 4.74 Å². The lowest BCUT2D eigenvalue weighted by Crippen LogP contribution is -2.26. The molecule has 0 radical (unpaired) electrons. The van der Waals surface area contributed by atoms with Gasteiger partial charge in [-0.3, -0.25) is 14.2 Å². The summed E-state index contributed by atoms with van der Waals surface area (Å²) in [6.07, 6.45) is 1.65. The van der Waals surface area contributed by atoms with Crippen molar-refractivity contribution in [2.45, 2.75) is 33.0 Å². The number of aromatic nitrogens is 5. The van der Waals surface area contributed by atoms with Gasteiger partial charge in [-0.25, -0.2) is 9.78 Å². The van der Waals surface area contributed by atoms with E-state index in [0.29, 0.717) is 38.1 Å². The van der Waals surface area contributed by atoms with Crippen LogP contribution in [0.15, 0.2) is 33.9 Å². The Morgan fingerprint density at radius 2 is 2.07 bits per heavy atom. The maximum atomic E-state index is 12.7. The van der Waals surface area contributed by atoms with Crippen molar-refractivity contribution in [2.24, 2.45) is 0 Å². The standard InChI is InChI=1S/C19H15N5O4S/c1-10-14-16(20-13-7-4-8-23(13)18(14)26)29-15(10)19(27)28-9-24-17(25)11-5-2-3-6-12(11)21-22-24/h2-3,5-6H,4,7-9H2,1H3. The summed E-state index contributed by atoms with van der Waals surface area (Å²) in [6.45, 7) is 1.99. The second-order valence-electron chi connectivity index (χ2n) is 6.80. The molecule has 4 heterocycles. The number of hydrogen-bond acceptors (Lipinski definition) is 8. The number of carbonyl (C=O) groups is 1. The maximum absolute atomic E-state index is 12.7. The number of esters is 1. The van der Waals surface area contributed by atoms with Crippen molar-refractivity contribution >= 4 is 38.4 Å². The highest BCUT2D eigenvalue weighted by atomic mass is 32.1. The summed E-state index contributed by atoms with van der Waals surface area (Å²) in [5.74, 6) is 0.124. The highest BCUT2D eigenvalue weighted by molar-refractivity contribution is 7.20. The predicted molar refractivity (Wildman–Crippen MR) is 106 cm³/mol. The Labute approximate surface area is 167 Å². The molecule has 0 spiro atoms. The summed E-state index contributed by atoms with van der Waals surface area (Å²) in [4.78, 5) is 43.2. The van der Waals surface area contributed by atoms with Crippen LogP contribution in [0.1, 0.15) is 27.5 Å². The highest BCUT2D eigenvalue weighted by Crippen LogP contribution is 2.29. The highest BCUT2D eigenvalue weighted by Gasteiger charge is 2.24. The number of thiophene rings is 1. The average Bonchev–Trinajstić information content (AvgIpc) is 3.32. The van der Waals surface area contributed by atoms with Crippen molar-refractivity contribution in [3.63, 3.8) is 0 Å². The van der Waals surface area contributed by atoms with Crippen LogP contribution in [0.5, 0.6) is 0 Å². The van der Waals surface area contributed by atoms with E-state index in [1.165, 1.54) is 0 Å². The van der Waals surface area contributed by atoms with Crippen LogP contribution in [0.4, 0.5) is 0 Å². The normalized spacial score (nSPS) is 13.1. The monoisotopic (exact) mass is 409 g/mol. The van der Waals surface area contributed by atoms with Crippen molar-refractivity contribution in [3.8, 4) is 0 Å². The van der Waals surface area contributed by atoms with E-state index < -0.39 is 11.5 Å². The largest absolute Gasteiger partial charge is 0.438 e. The molecule has 0 saturated carbocycles. The Morgan fingerprint density at radius 1 is 1.24 bits per heavy atom. The number of fused-ring (bicyclic) bond motifs is 3. The smallest absolute Gasteiger partial charge is 0.350 e. The summed E-state index contributed by atoms with van der Waals surface area (Å²) in [7, 11) is 0. The first-order valence-corrected chi connectivity index (χ1v) is 9.88. The fourth-order valence-corrected chi connectivity index (χ4v) is 4.65. The molecule has 29 heavy (non-hydrogen) atoms. The molecule has 1 aliphatic heterocycles. The minimum Gasteiger partial charge on any atom is -0.438 e. The molecule has 0 amide bonds. The predicted octanol–water partition coefficient (Wildman–Crippen LogP) is 1.63. The number of ether oxygens (including phenoxy) is 1. The quantitative estimate of drug-likeness (QED) is 0.473. The van der Waals surface area contributed by atoms with E-state index in [0.717, 1.165) is 34.7 Å². The molecule has 146 valence electrons. The minimum absolute atomic E-state index is 0.119. The van der Waals surface area contributed by atoms with Gasteiger partial charge in [-0.05, 0) is 31.0 Å². The lowest BCUT2D eigenvalue weighted by molar-refractivity contribution is 0.0341. The second-order valence-corrected chi connectivity index (χ2v) is 7.80. The van der Waals surface area contributed by atoms with Crippen LogP contribution >= 0.6 is 11.3 Å². The molecule has 0 unspecified atom stereocenters. The van der Waals surface area contributed by atoms with Gasteiger partial charge < -0.3 is 4.74 Å². The Morgan fingerprint density at radius 3 is 2.93 bits per heavy atom. The Hall–Kier alpha value is -3.40. The SMILES string of the molecule is Cc1c(C(=O)OCn2nnc3ccccc3c2=O)sc2nc3n(c(=O)c12)CCC3. The summed E-state index contributed by atoms with van der Waals surface area (Å²) >= 11 is 1.13. The first kappa shape index (κ1) is 17.7. The Kier molecular flexibility index (Phi) is 4.02. The van der Waals surface area contributed by atoms with E-state index in [-0.39, 0.29) is 12.3 Å². The van der Waals surface area contributed by atoms with Crippen molar-refractivity contribution in [1.82, 2.24) is 24.5 Å². The Bertz CT molecular complexity index is 1420. The summed E-state index contributed by atoms with van der Waals surface area (Å²) in [5, 5.41) is 8.62. The summed E-state index contributed by atoms with van der Waals surface area (Å²) in [5.41, 5.74) is 0.506. The average molecular weight is 409 g/mol. The van der Waals surface area contributed by atoms with E-state index >= 15 is 0 Å². The molecule has 0 atom stereocenters. The molecule has 1 aromatic carbocycles. The van der Waals surface area contributed by atoms with Gasteiger partial charge >= 0.3 is 5.97 Å². The van der Waals surface area contributed by atoms with Gasteiger partial charge in [0.1, 0.15) is 21.0 Å². The minimum atomic E-state index is -0.628. The lowest BCUT2D eigenvalue weighted by atomic mass is 10.2. The van der Waals surface area contributed by atoms with Crippen molar-refractivity contribution < 1.29 is 9.53 Å². The molecule has 4 aromatic rings. The molecule has 5 rings (SSSR count). The lowest BCUT2D eigenvalue weighted by Gasteiger charge is -2.06. The third-order valence-corrected chi connectivity index (χ3v) is 6.21. The van der Waals surface area contributed by atoms with Crippen molar-refractivity contribution in [2.75, 3.05) is 0 Å². The molecular formula is C19H15N5O4S. The van der Waals surface area contributed by atoms with Crippen LogP contribution in [0.25, 0.3) is 21.1 Å². The molecule has 0 bridgehead atoms. The van der Waals surface area contributed by atoms with Gasteiger partial charge in [-0.1, -0.05) is 17.3 Å². The molecule has 1 aliphatic rings. The van der Waals surface area contributed by atoms with Crippen LogP contribution in [-0.4, -0.2) is 30.5 Å². The van der Waals surface area contributed by atoms with Crippen LogP contribution in [0.2, 0.25) is 0 Å². The third kappa shape index (κ3) is 2.75. The summed E-state index contributed by atoms with van der Waals surface area (Å²) < 4.78 is 7.95. The molecule has 0 fully saturated rings. The zero-order valence-electron chi connectivity index (χ0n) is 15.4. The van der Waals surface area contributed by atoms with E-state index in [9.17, 15) is 14.4 Å². The number of carbonyl (C=O) groups excluding carboxylic acids is 1. The zero-order valence-corrected chi connectivity index (χ0v) is 16.2. The first-order valence-electron chi connectivity index (χ1n) is 9.07. The number of hydrogen-bond donors (Lipinski definition) is 0. The Balaban J connectivity index is 1.46. The molecule has 9 nitrogen and oxygen atoms in total. The second kappa shape index (κ2) is 6.59. The van der Waals surface area contributed by atoms with Gasteiger partial charge in [0.25, 0.3) is 11.1 Å². The van der Waals surface area contributed by atoms with Crippen molar-refractivity contribution in [1.29, 1.82) is 0 Å². The number of nitrogens with zero attached hydrogens (tertiary/aromatic N) is 5. The fraction of sp³-hybridized carbons (Fsp3) is 0.263. The molecule has 10 heteroatoms. The summed E-state index contributed by atoms with van der Waals surface area (Å²) in [6, 6.07) is 6.81. The van der Waals surface area contributed by atoms with Crippen LogP contribution < -0.4 is 11.1 Å². The van der Waals surface area contributed by atoms with E-state index in [1.54, 1.807) is 35.8 Å². The molecule has 0 aliphatic carbocycles. The van der Waals surface area contributed by atoms with Crippen molar-refractivity contribution in [3.05, 3.63) is 61.2 Å². The molecule has 3 aromatic heterocycles. The fourth-order valence-electron chi connectivity index (χ4n) is 3.56. The zero-order chi connectivity index (χ0) is 20.1. The first-order chi connectivity index (χ1) is 14.0. The number of aryl methyl sites for hydroxylation is 2. The number of benzene rings is 1. The van der Waals surface area contributed by atoms with E-state index in [1.807, 2.05) is 0 Å². The molecule has 0 N–H and O–H groups in total. The van der Waals surface area contributed by atoms with Gasteiger partial charge in [0.05, 0.1) is 10.8 Å². The third-order valence-electron chi connectivity index (χ3n) is 5.04. The molecule has 0 saturated heterocycles. The number of rotatable bonds is 3.